The average molecular weight is 363 g/mol. The number of carbonyl (C=O) groups is 1. The molecule has 2 aromatic carbocycles. The fraction of sp³-hybridized carbons (Fsp3) is 0.375. The van der Waals surface area contributed by atoms with Gasteiger partial charge >= 0.3 is 0 Å². The van der Waals surface area contributed by atoms with E-state index in [9.17, 15) is 4.79 Å². The molecule has 0 radical (unpaired) electrons. The number of hydrogen-bond donors (Lipinski definition) is 0. The van der Waals surface area contributed by atoms with Gasteiger partial charge in [0, 0.05) is 38.8 Å². The van der Waals surface area contributed by atoms with Crippen LogP contribution in [0.5, 0.6) is 0 Å². The van der Waals surface area contributed by atoms with Crippen LogP contribution in [0.15, 0.2) is 60.7 Å². The van der Waals surface area contributed by atoms with Crippen LogP contribution < -0.4 is 0 Å². The van der Waals surface area contributed by atoms with Crippen molar-refractivity contribution in [1.29, 1.82) is 0 Å². The molecule has 142 valence electrons. The van der Waals surface area contributed by atoms with Crippen molar-refractivity contribution < 1.29 is 4.79 Å². The third-order valence-electron chi connectivity index (χ3n) is 4.97. The van der Waals surface area contributed by atoms with Crippen LogP contribution >= 0.6 is 0 Å². The molecule has 3 nitrogen and oxygen atoms in total. The zero-order valence-electron chi connectivity index (χ0n) is 16.5. The maximum Gasteiger partial charge on any atom is 0.246 e. The van der Waals surface area contributed by atoms with Gasteiger partial charge in [-0.2, -0.15) is 0 Å². The standard InChI is InChI=1S/C24H30N2O/c1-20(2)18-22-10-8-21(9-11-22)12-13-24(27)26-16-14-25(15-17-26)19-23-6-4-3-5-7-23/h3-13,20H,14-19H2,1-2H3/b13-12+. The van der Waals surface area contributed by atoms with Crippen molar-refractivity contribution in [2.24, 2.45) is 5.92 Å². The zero-order valence-corrected chi connectivity index (χ0v) is 16.5. The van der Waals surface area contributed by atoms with E-state index in [1.165, 1.54) is 11.1 Å². The number of carbonyl (C=O) groups excluding carboxylic acids is 1. The van der Waals surface area contributed by atoms with Crippen LogP contribution in [0.25, 0.3) is 6.08 Å². The lowest BCUT2D eigenvalue weighted by molar-refractivity contribution is -0.127. The summed E-state index contributed by atoms with van der Waals surface area (Å²) in [6, 6.07) is 19.0. The Morgan fingerprint density at radius 2 is 1.59 bits per heavy atom. The van der Waals surface area contributed by atoms with Crippen molar-refractivity contribution in [3.8, 4) is 0 Å². The molecule has 1 aliphatic rings. The SMILES string of the molecule is CC(C)Cc1ccc(/C=C/C(=O)N2CCN(Cc3ccccc3)CC2)cc1. The lowest BCUT2D eigenvalue weighted by Gasteiger charge is -2.34. The number of amides is 1. The predicted molar refractivity (Wildman–Crippen MR) is 112 cm³/mol. The Morgan fingerprint density at radius 3 is 2.22 bits per heavy atom. The van der Waals surface area contributed by atoms with Crippen molar-refractivity contribution in [2.75, 3.05) is 26.2 Å². The molecule has 1 fully saturated rings. The van der Waals surface area contributed by atoms with Crippen LogP contribution in [-0.4, -0.2) is 41.9 Å². The highest BCUT2D eigenvalue weighted by atomic mass is 16.2. The summed E-state index contributed by atoms with van der Waals surface area (Å²) < 4.78 is 0. The number of piperazine rings is 1. The first-order valence-electron chi connectivity index (χ1n) is 9.92. The molecule has 3 rings (SSSR count). The fourth-order valence-corrected chi connectivity index (χ4v) is 3.48. The Bertz CT molecular complexity index is 742. The summed E-state index contributed by atoms with van der Waals surface area (Å²) in [6.07, 6.45) is 4.73. The molecule has 0 spiro atoms. The van der Waals surface area contributed by atoms with Crippen LogP contribution in [0.4, 0.5) is 0 Å². The van der Waals surface area contributed by atoms with Crippen molar-refractivity contribution in [2.45, 2.75) is 26.8 Å². The molecule has 0 bridgehead atoms. The first-order chi connectivity index (χ1) is 13.1. The lowest BCUT2D eigenvalue weighted by Crippen LogP contribution is -2.47. The van der Waals surface area contributed by atoms with Gasteiger partial charge in [0.05, 0.1) is 0 Å². The first-order valence-corrected chi connectivity index (χ1v) is 9.92. The van der Waals surface area contributed by atoms with Gasteiger partial charge in [0.1, 0.15) is 0 Å². The van der Waals surface area contributed by atoms with E-state index in [1.807, 2.05) is 17.0 Å². The molecule has 1 saturated heterocycles. The second-order valence-electron chi connectivity index (χ2n) is 7.76. The molecule has 0 aromatic heterocycles. The summed E-state index contributed by atoms with van der Waals surface area (Å²) in [5, 5.41) is 0. The van der Waals surface area contributed by atoms with E-state index in [1.54, 1.807) is 6.08 Å². The van der Waals surface area contributed by atoms with Crippen LogP contribution in [-0.2, 0) is 17.8 Å². The van der Waals surface area contributed by atoms with Crippen LogP contribution in [0.3, 0.4) is 0 Å². The highest BCUT2D eigenvalue weighted by Crippen LogP contribution is 2.12. The van der Waals surface area contributed by atoms with Gasteiger partial charge in [-0.3, -0.25) is 9.69 Å². The number of benzene rings is 2. The van der Waals surface area contributed by atoms with E-state index < -0.39 is 0 Å². The van der Waals surface area contributed by atoms with Crippen molar-refractivity contribution in [1.82, 2.24) is 9.80 Å². The van der Waals surface area contributed by atoms with Crippen LogP contribution in [0.2, 0.25) is 0 Å². The summed E-state index contributed by atoms with van der Waals surface area (Å²) in [4.78, 5) is 16.8. The van der Waals surface area contributed by atoms with Gasteiger partial charge in [0.2, 0.25) is 5.91 Å². The van der Waals surface area contributed by atoms with Crippen molar-refractivity contribution in [3.63, 3.8) is 0 Å². The topological polar surface area (TPSA) is 23.6 Å². The monoisotopic (exact) mass is 362 g/mol. The second kappa shape index (κ2) is 9.52. The van der Waals surface area contributed by atoms with E-state index in [4.69, 9.17) is 0 Å². The summed E-state index contributed by atoms with van der Waals surface area (Å²) in [5.74, 6) is 0.772. The maximum atomic E-state index is 12.5. The van der Waals surface area contributed by atoms with Gasteiger partial charge < -0.3 is 4.90 Å². The molecule has 1 heterocycles. The summed E-state index contributed by atoms with van der Waals surface area (Å²) in [6.45, 7) is 8.86. The van der Waals surface area contributed by atoms with Crippen molar-refractivity contribution >= 4 is 12.0 Å². The number of hydrogen-bond acceptors (Lipinski definition) is 2. The van der Waals surface area contributed by atoms with Gasteiger partial charge in [-0.05, 0) is 35.1 Å². The molecule has 0 N–H and O–H groups in total. The summed E-state index contributed by atoms with van der Waals surface area (Å²) in [5.41, 5.74) is 3.76. The average Bonchev–Trinajstić information content (AvgIpc) is 2.68. The van der Waals surface area contributed by atoms with E-state index in [-0.39, 0.29) is 5.91 Å². The minimum Gasteiger partial charge on any atom is -0.337 e. The Morgan fingerprint density at radius 1 is 0.926 bits per heavy atom. The number of nitrogens with zero attached hydrogens (tertiary/aromatic N) is 2. The maximum absolute atomic E-state index is 12.5. The van der Waals surface area contributed by atoms with Gasteiger partial charge in [0.25, 0.3) is 0 Å². The van der Waals surface area contributed by atoms with E-state index in [0.29, 0.717) is 5.92 Å². The van der Waals surface area contributed by atoms with Gasteiger partial charge in [-0.1, -0.05) is 68.4 Å². The molecule has 1 aliphatic heterocycles. The molecule has 3 heteroatoms. The van der Waals surface area contributed by atoms with Crippen LogP contribution in [0.1, 0.15) is 30.5 Å². The van der Waals surface area contributed by atoms with E-state index in [0.717, 1.165) is 44.7 Å². The van der Waals surface area contributed by atoms with Gasteiger partial charge in [-0.15, -0.1) is 0 Å². The number of rotatable bonds is 6. The smallest absolute Gasteiger partial charge is 0.246 e. The largest absolute Gasteiger partial charge is 0.337 e. The lowest BCUT2D eigenvalue weighted by atomic mass is 10.0. The Balaban J connectivity index is 1.47. The molecule has 0 aliphatic carbocycles. The van der Waals surface area contributed by atoms with E-state index >= 15 is 0 Å². The van der Waals surface area contributed by atoms with Crippen LogP contribution in [0, 0.1) is 5.92 Å². The summed E-state index contributed by atoms with van der Waals surface area (Å²) in [7, 11) is 0. The predicted octanol–water partition coefficient (Wildman–Crippen LogP) is 4.24. The van der Waals surface area contributed by atoms with Gasteiger partial charge in [0.15, 0.2) is 0 Å². The Hall–Kier alpha value is -2.39. The Kier molecular flexibility index (Phi) is 6.83. The zero-order chi connectivity index (χ0) is 19.1. The highest BCUT2D eigenvalue weighted by molar-refractivity contribution is 5.91. The molecule has 0 saturated carbocycles. The normalized spacial score (nSPS) is 15.6. The molecule has 1 amide bonds. The van der Waals surface area contributed by atoms with Gasteiger partial charge in [-0.25, -0.2) is 0 Å². The second-order valence-corrected chi connectivity index (χ2v) is 7.76. The first kappa shape index (κ1) is 19.4. The molecule has 0 atom stereocenters. The molecule has 2 aromatic rings. The van der Waals surface area contributed by atoms with E-state index in [2.05, 4.69) is 67.3 Å². The third-order valence-corrected chi connectivity index (χ3v) is 4.97. The molecule has 27 heavy (non-hydrogen) atoms. The fourth-order valence-electron chi connectivity index (χ4n) is 3.48. The Labute approximate surface area is 163 Å². The molecular weight excluding hydrogens is 332 g/mol. The minimum atomic E-state index is 0.112. The van der Waals surface area contributed by atoms with Crippen molar-refractivity contribution in [3.05, 3.63) is 77.4 Å². The quantitative estimate of drug-likeness (QED) is 0.718. The summed E-state index contributed by atoms with van der Waals surface area (Å²) >= 11 is 0. The highest BCUT2D eigenvalue weighted by Gasteiger charge is 2.19. The minimum absolute atomic E-state index is 0.112. The molecule has 0 unspecified atom stereocenters. The molecular formula is C24H30N2O. The third kappa shape index (κ3) is 6.07.